The Morgan fingerprint density at radius 2 is 2.00 bits per heavy atom. The lowest BCUT2D eigenvalue weighted by Gasteiger charge is -2.21. The van der Waals surface area contributed by atoms with E-state index in [-0.39, 0.29) is 0 Å². The monoisotopic (exact) mass is 306 g/mol. The van der Waals surface area contributed by atoms with Crippen molar-refractivity contribution in [1.82, 2.24) is 0 Å². The van der Waals surface area contributed by atoms with Crippen LogP contribution in [0.4, 0.5) is 16.2 Å². The number of hydrogen-bond donors (Lipinski definition) is 2. The molecule has 1 aliphatic carbocycles. The second-order valence-electron chi connectivity index (χ2n) is 6.81. The quantitative estimate of drug-likeness (QED) is 0.853. The van der Waals surface area contributed by atoms with Crippen LogP contribution in [-0.2, 0) is 4.74 Å². The highest BCUT2D eigenvalue weighted by molar-refractivity contribution is 5.87. The molecular formula is C17H26N2O3. The highest BCUT2D eigenvalue weighted by atomic mass is 16.6. The number of ether oxygens (including phenoxy) is 2. The third-order valence-corrected chi connectivity index (χ3v) is 3.56. The molecule has 0 radical (unpaired) electrons. The van der Waals surface area contributed by atoms with Gasteiger partial charge in [-0.1, -0.05) is 0 Å². The van der Waals surface area contributed by atoms with Gasteiger partial charge in [0.2, 0.25) is 0 Å². The minimum absolute atomic E-state index is 0.453. The second-order valence-corrected chi connectivity index (χ2v) is 6.81. The number of carbonyl (C=O) groups excluding carboxylic acids is 1. The van der Waals surface area contributed by atoms with E-state index in [1.165, 1.54) is 12.8 Å². The molecule has 1 aromatic carbocycles. The van der Waals surface area contributed by atoms with E-state index in [1.807, 2.05) is 39.0 Å². The van der Waals surface area contributed by atoms with Gasteiger partial charge in [-0.15, -0.1) is 0 Å². The highest BCUT2D eigenvalue weighted by Crippen LogP contribution is 2.35. The number of anilines is 2. The summed E-state index contributed by atoms with van der Waals surface area (Å²) in [6.07, 6.45) is 2.10. The van der Waals surface area contributed by atoms with Crippen molar-refractivity contribution < 1.29 is 14.3 Å². The maximum Gasteiger partial charge on any atom is 0.412 e. The van der Waals surface area contributed by atoms with Crippen LogP contribution < -0.4 is 15.4 Å². The zero-order valence-corrected chi connectivity index (χ0v) is 14.0. The second kappa shape index (κ2) is 6.46. The van der Waals surface area contributed by atoms with Crippen LogP contribution in [0.1, 0.15) is 40.5 Å². The number of benzene rings is 1. The molecule has 22 heavy (non-hydrogen) atoms. The maximum atomic E-state index is 11.9. The molecule has 1 amide bonds. The first-order valence-electron chi connectivity index (χ1n) is 7.73. The Kier molecular flexibility index (Phi) is 4.84. The van der Waals surface area contributed by atoms with Crippen molar-refractivity contribution in [3.8, 4) is 5.75 Å². The molecular weight excluding hydrogens is 280 g/mol. The summed E-state index contributed by atoms with van der Waals surface area (Å²) < 4.78 is 10.6. The highest BCUT2D eigenvalue weighted by Gasteiger charge is 2.27. The van der Waals surface area contributed by atoms with Gasteiger partial charge in [-0.3, -0.25) is 5.32 Å². The third kappa shape index (κ3) is 4.83. The van der Waals surface area contributed by atoms with Crippen molar-refractivity contribution in [2.45, 2.75) is 52.2 Å². The lowest BCUT2D eigenvalue weighted by Crippen LogP contribution is -2.27. The zero-order chi connectivity index (χ0) is 16.3. The van der Waals surface area contributed by atoms with Crippen molar-refractivity contribution in [3.63, 3.8) is 0 Å². The van der Waals surface area contributed by atoms with Crippen LogP contribution in [-0.4, -0.2) is 24.8 Å². The Hall–Kier alpha value is -1.91. The zero-order valence-electron chi connectivity index (χ0n) is 14.0. The fourth-order valence-corrected chi connectivity index (χ4v) is 2.27. The van der Waals surface area contributed by atoms with Crippen LogP contribution in [0, 0.1) is 5.92 Å². The average molecular weight is 306 g/mol. The van der Waals surface area contributed by atoms with Crippen LogP contribution in [0.2, 0.25) is 0 Å². The summed E-state index contributed by atoms with van der Waals surface area (Å²) in [5.41, 5.74) is 1.06. The minimum Gasteiger partial charge on any atom is -0.494 e. The molecule has 5 heteroatoms. The molecule has 122 valence electrons. The molecule has 5 nitrogen and oxygen atoms in total. The molecule has 2 rings (SSSR count). The van der Waals surface area contributed by atoms with E-state index in [0.29, 0.717) is 17.5 Å². The SMILES string of the molecule is COc1cc(NC(C)C2CC2)ccc1NC(=O)OC(C)(C)C. The third-order valence-electron chi connectivity index (χ3n) is 3.56. The molecule has 0 heterocycles. The van der Waals surface area contributed by atoms with Crippen LogP contribution in [0.3, 0.4) is 0 Å². The average Bonchev–Trinajstić information content (AvgIpc) is 3.22. The molecule has 2 N–H and O–H groups in total. The topological polar surface area (TPSA) is 59.6 Å². The van der Waals surface area contributed by atoms with Gasteiger partial charge in [-0.25, -0.2) is 4.79 Å². The fourth-order valence-electron chi connectivity index (χ4n) is 2.27. The lowest BCUT2D eigenvalue weighted by molar-refractivity contribution is 0.0635. The Balaban J connectivity index is 2.03. The van der Waals surface area contributed by atoms with Gasteiger partial charge in [0.1, 0.15) is 11.4 Å². The predicted octanol–water partition coefficient (Wildman–Crippen LogP) is 4.25. The number of carbonyl (C=O) groups is 1. The Morgan fingerprint density at radius 1 is 1.32 bits per heavy atom. The Morgan fingerprint density at radius 3 is 2.55 bits per heavy atom. The minimum atomic E-state index is -0.529. The number of methoxy groups -OCH3 is 1. The first kappa shape index (κ1) is 16.5. The van der Waals surface area contributed by atoms with Crippen LogP contribution in [0.15, 0.2) is 18.2 Å². The molecule has 1 aliphatic rings. The van der Waals surface area contributed by atoms with Gasteiger partial charge >= 0.3 is 6.09 Å². The lowest BCUT2D eigenvalue weighted by atomic mass is 10.2. The fraction of sp³-hybridized carbons (Fsp3) is 0.588. The molecule has 0 aliphatic heterocycles. The molecule has 0 spiro atoms. The molecule has 1 aromatic rings. The first-order chi connectivity index (χ1) is 10.3. The molecule has 1 atom stereocenters. The van der Waals surface area contributed by atoms with Crippen molar-refractivity contribution in [3.05, 3.63) is 18.2 Å². The first-order valence-corrected chi connectivity index (χ1v) is 7.73. The van der Waals surface area contributed by atoms with E-state index in [2.05, 4.69) is 17.6 Å². The summed E-state index contributed by atoms with van der Waals surface area (Å²) in [7, 11) is 1.59. The van der Waals surface area contributed by atoms with Gasteiger partial charge in [-0.2, -0.15) is 0 Å². The summed E-state index contributed by atoms with van der Waals surface area (Å²) in [5.74, 6) is 1.38. The molecule has 0 saturated heterocycles. The van der Waals surface area contributed by atoms with Gasteiger partial charge in [0, 0.05) is 17.8 Å². The van der Waals surface area contributed by atoms with E-state index < -0.39 is 11.7 Å². The van der Waals surface area contributed by atoms with Gasteiger partial charge in [0.25, 0.3) is 0 Å². The van der Waals surface area contributed by atoms with Gasteiger partial charge in [0.05, 0.1) is 12.8 Å². The normalized spacial score (nSPS) is 15.9. The van der Waals surface area contributed by atoms with Crippen molar-refractivity contribution in [2.75, 3.05) is 17.7 Å². The molecule has 0 bridgehead atoms. The van der Waals surface area contributed by atoms with Crippen LogP contribution in [0.5, 0.6) is 5.75 Å². The van der Waals surface area contributed by atoms with Crippen molar-refractivity contribution in [1.29, 1.82) is 0 Å². The molecule has 1 unspecified atom stereocenters. The molecule has 1 saturated carbocycles. The number of nitrogens with one attached hydrogen (secondary N) is 2. The number of hydrogen-bond acceptors (Lipinski definition) is 4. The number of rotatable bonds is 5. The van der Waals surface area contributed by atoms with E-state index in [0.717, 1.165) is 11.6 Å². The van der Waals surface area contributed by atoms with Crippen molar-refractivity contribution >= 4 is 17.5 Å². The van der Waals surface area contributed by atoms with E-state index in [4.69, 9.17) is 9.47 Å². The standard InChI is InChI=1S/C17H26N2O3/c1-11(12-6-7-12)18-13-8-9-14(15(10-13)21-5)19-16(20)22-17(2,3)4/h8-12,18H,6-7H2,1-5H3,(H,19,20). The smallest absolute Gasteiger partial charge is 0.412 e. The summed E-state index contributed by atoms with van der Waals surface area (Å²) in [4.78, 5) is 11.9. The summed E-state index contributed by atoms with van der Waals surface area (Å²) in [5, 5.41) is 6.19. The van der Waals surface area contributed by atoms with Gasteiger partial charge in [0.15, 0.2) is 0 Å². The van der Waals surface area contributed by atoms with E-state index >= 15 is 0 Å². The van der Waals surface area contributed by atoms with Crippen LogP contribution >= 0.6 is 0 Å². The van der Waals surface area contributed by atoms with E-state index in [1.54, 1.807) is 7.11 Å². The molecule has 0 aromatic heterocycles. The Labute approximate surface area is 132 Å². The largest absolute Gasteiger partial charge is 0.494 e. The summed E-state index contributed by atoms with van der Waals surface area (Å²) in [6.45, 7) is 7.68. The molecule has 1 fully saturated rings. The number of amides is 1. The van der Waals surface area contributed by atoms with Gasteiger partial charge < -0.3 is 14.8 Å². The predicted molar refractivity (Wildman–Crippen MR) is 88.7 cm³/mol. The van der Waals surface area contributed by atoms with Crippen LogP contribution in [0.25, 0.3) is 0 Å². The van der Waals surface area contributed by atoms with E-state index in [9.17, 15) is 4.79 Å². The maximum absolute atomic E-state index is 11.9. The van der Waals surface area contributed by atoms with Crippen molar-refractivity contribution in [2.24, 2.45) is 5.92 Å². The van der Waals surface area contributed by atoms with Gasteiger partial charge in [-0.05, 0) is 58.6 Å². The Bertz CT molecular complexity index is 533. The summed E-state index contributed by atoms with van der Waals surface area (Å²) >= 11 is 0. The summed E-state index contributed by atoms with van der Waals surface area (Å²) in [6, 6.07) is 6.11.